The fourth-order valence-corrected chi connectivity index (χ4v) is 5.48. The summed E-state index contributed by atoms with van der Waals surface area (Å²) in [6.07, 6.45) is 2.95. The van der Waals surface area contributed by atoms with Gasteiger partial charge in [-0.25, -0.2) is 4.79 Å². The number of aromatic nitrogens is 1. The van der Waals surface area contributed by atoms with E-state index in [1.807, 2.05) is 24.3 Å². The van der Waals surface area contributed by atoms with Crippen molar-refractivity contribution in [2.45, 2.75) is 6.92 Å². The summed E-state index contributed by atoms with van der Waals surface area (Å²) in [7, 11) is 1.73. The molecular weight excluding hydrogens is 472 g/mol. The van der Waals surface area contributed by atoms with E-state index in [1.54, 1.807) is 35.6 Å². The van der Waals surface area contributed by atoms with Gasteiger partial charge in [-0.15, -0.1) is 6.58 Å². The van der Waals surface area contributed by atoms with Crippen LogP contribution in [0.1, 0.15) is 12.5 Å². The van der Waals surface area contributed by atoms with Gasteiger partial charge in [0.1, 0.15) is 4.32 Å². The molecule has 3 heterocycles. The molecule has 2 aliphatic heterocycles. The number of anilines is 1. The number of nitrogens with zero attached hydrogens (tertiary/aromatic N) is 4. The molecule has 0 aliphatic carbocycles. The molecule has 10 heteroatoms. The number of ether oxygens (including phenoxy) is 1. The second kappa shape index (κ2) is 10.0. The normalized spacial score (nSPS) is 17.7. The monoisotopic (exact) mass is 498 g/mol. The third kappa shape index (κ3) is 4.35. The van der Waals surface area contributed by atoms with Crippen molar-refractivity contribution in [2.75, 3.05) is 44.2 Å². The Morgan fingerprint density at radius 3 is 2.59 bits per heavy atom. The van der Waals surface area contributed by atoms with Gasteiger partial charge in [0, 0.05) is 45.2 Å². The number of hydrogen-bond donors (Lipinski definition) is 0. The maximum absolute atomic E-state index is 13.5. The molecule has 2 saturated heterocycles. The Bertz CT molecular complexity index is 1260. The van der Waals surface area contributed by atoms with Crippen molar-refractivity contribution in [2.24, 2.45) is 7.05 Å². The van der Waals surface area contributed by atoms with E-state index in [4.69, 9.17) is 17.0 Å². The van der Waals surface area contributed by atoms with Gasteiger partial charge in [-0.1, -0.05) is 48.3 Å². The third-order valence-corrected chi connectivity index (χ3v) is 7.27. The lowest BCUT2D eigenvalue weighted by atomic mass is 10.1. The average molecular weight is 499 g/mol. The summed E-state index contributed by atoms with van der Waals surface area (Å²) < 4.78 is 7.18. The number of fused-ring (bicyclic) bond motifs is 1. The number of hydrogen-bond acceptors (Lipinski definition) is 7. The molecule has 0 saturated carbocycles. The fraction of sp³-hybridized carbons (Fsp3) is 0.333. The first-order chi connectivity index (χ1) is 16.4. The predicted octanol–water partition coefficient (Wildman–Crippen LogP) is 3.20. The Morgan fingerprint density at radius 2 is 1.91 bits per heavy atom. The predicted molar refractivity (Wildman–Crippen MR) is 140 cm³/mol. The highest BCUT2D eigenvalue weighted by Gasteiger charge is 2.33. The Labute approximate surface area is 207 Å². The molecule has 34 heavy (non-hydrogen) atoms. The van der Waals surface area contributed by atoms with Gasteiger partial charge in [0.25, 0.3) is 11.5 Å². The lowest BCUT2D eigenvalue weighted by Gasteiger charge is -2.36. The van der Waals surface area contributed by atoms with Gasteiger partial charge in [0.15, 0.2) is 0 Å². The van der Waals surface area contributed by atoms with Crippen LogP contribution in [0.25, 0.3) is 17.0 Å². The Balaban J connectivity index is 1.80. The first-order valence-corrected chi connectivity index (χ1v) is 12.2. The number of benzene rings is 1. The molecule has 0 N–H and O–H groups in total. The van der Waals surface area contributed by atoms with Crippen molar-refractivity contribution < 1.29 is 14.3 Å². The van der Waals surface area contributed by atoms with Gasteiger partial charge >= 0.3 is 6.09 Å². The SMILES string of the molecule is C=CCN1C(=O)C(=Cc2c(N3CCN(C(=O)OCC)CC3)c3ccccc3n(C)c2=O)SC1=S. The van der Waals surface area contributed by atoms with E-state index in [-0.39, 0.29) is 17.6 Å². The minimum absolute atomic E-state index is 0.199. The van der Waals surface area contributed by atoms with Crippen LogP contribution in [0.4, 0.5) is 10.5 Å². The van der Waals surface area contributed by atoms with E-state index in [2.05, 4.69) is 11.5 Å². The Kier molecular flexibility index (Phi) is 7.08. The van der Waals surface area contributed by atoms with Crippen molar-refractivity contribution in [1.29, 1.82) is 0 Å². The number of piperazine rings is 1. The van der Waals surface area contributed by atoms with E-state index in [9.17, 15) is 14.4 Å². The molecule has 8 nitrogen and oxygen atoms in total. The standard InChI is InChI=1S/C24H26N4O4S2/c1-4-10-28-22(30)19(34-24(28)33)15-17-20(16-8-6-7-9-18(16)25(3)21(17)29)26-11-13-27(14-12-26)23(31)32-5-2/h4,6-9,15H,1,5,10-14H2,2-3H3. The number of thiocarbonyl (C=S) groups is 1. The van der Waals surface area contributed by atoms with Crippen molar-refractivity contribution in [3.05, 3.63) is 57.7 Å². The lowest BCUT2D eigenvalue weighted by Crippen LogP contribution is -2.49. The molecule has 1 aromatic heterocycles. The number of rotatable bonds is 5. The highest BCUT2D eigenvalue weighted by atomic mass is 32.2. The molecule has 1 aromatic carbocycles. The highest BCUT2D eigenvalue weighted by Crippen LogP contribution is 2.36. The molecule has 0 atom stereocenters. The molecule has 4 rings (SSSR count). The first-order valence-electron chi connectivity index (χ1n) is 11.0. The van der Waals surface area contributed by atoms with Crippen molar-refractivity contribution >= 4 is 63.0 Å². The van der Waals surface area contributed by atoms with Gasteiger partial charge < -0.3 is 19.1 Å². The van der Waals surface area contributed by atoms with Crippen LogP contribution in [0, 0.1) is 0 Å². The Morgan fingerprint density at radius 1 is 1.21 bits per heavy atom. The molecule has 0 spiro atoms. The van der Waals surface area contributed by atoms with Crippen LogP contribution < -0.4 is 10.5 Å². The zero-order chi connectivity index (χ0) is 24.4. The molecule has 0 bridgehead atoms. The minimum atomic E-state index is -0.331. The molecule has 0 unspecified atom stereocenters. The average Bonchev–Trinajstić information content (AvgIpc) is 3.10. The van der Waals surface area contributed by atoms with E-state index in [0.29, 0.717) is 54.1 Å². The van der Waals surface area contributed by atoms with E-state index in [0.717, 1.165) is 16.6 Å². The number of aryl methyl sites for hydroxylation is 1. The zero-order valence-corrected chi connectivity index (χ0v) is 20.8. The second-order valence-corrected chi connectivity index (χ2v) is 9.57. The van der Waals surface area contributed by atoms with Crippen LogP contribution >= 0.6 is 24.0 Å². The smallest absolute Gasteiger partial charge is 0.409 e. The van der Waals surface area contributed by atoms with Crippen LogP contribution in [0.5, 0.6) is 0 Å². The van der Waals surface area contributed by atoms with Crippen LogP contribution in [-0.4, -0.2) is 70.0 Å². The second-order valence-electron chi connectivity index (χ2n) is 7.90. The van der Waals surface area contributed by atoms with E-state index >= 15 is 0 Å². The number of thioether (sulfide) groups is 1. The quantitative estimate of drug-likeness (QED) is 0.356. The molecule has 2 aromatic rings. The van der Waals surface area contributed by atoms with Gasteiger partial charge in [-0.3, -0.25) is 14.5 Å². The molecule has 0 radical (unpaired) electrons. The number of amides is 2. The fourth-order valence-electron chi connectivity index (χ4n) is 4.22. The summed E-state index contributed by atoms with van der Waals surface area (Å²) in [5, 5.41) is 0.905. The summed E-state index contributed by atoms with van der Waals surface area (Å²) >= 11 is 6.55. The molecule has 2 amide bonds. The summed E-state index contributed by atoms with van der Waals surface area (Å²) in [5.41, 5.74) is 1.79. The molecule has 2 fully saturated rings. The number of pyridine rings is 1. The molecule has 178 valence electrons. The highest BCUT2D eigenvalue weighted by molar-refractivity contribution is 8.26. The minimum Gasteiger partial charge on any atom is -0.450 e. The van der Waals surface area contributed by atoms with Gasteiger partial charge in [-0.2, -0.15) is 0 Å². The summed E-state index contributed by atoms with van der Waals surface area (Å²) in [4.78, 5) is 44.3. The van der Waals surface area contributed by atoms with Crippen molar-refractivity contribution in [3.63, 3.8) is 0 Å². The lowest BCUT2D eigenvalue weighted by molar-refractivity contribution is -0.121. The van der Waals surface area contributed by atoms with Crippen LogP contribution in [0.3, 0.4) is 0 Å². The maximum atomic E-state index is 13.5. The number of carbonyl (C=O) groups excluding carboxylic acids is 2. The van der Waals surface area contributed by atoms with Crippen molar-refractivity contribution in [1.82, 2.24) is 14.4 Å². The summed E-state index contributed by atoms with van der Waals surface area (Å²) in [6, 6.07) is 7.70. The van der Waals surface area contributed by atoms with E-state index < -0.39 is 0 Å². The third-order valence-electron chi connectivity index (χ3n) is 5.89. The maximum Gasteiger partial charge on any atom is 0.409 e. The van der Waals surface area contributed by atoms with Crippen LogP contribution in [0.15, 0.2) is 46.6 Å². The Hall–Kier alpha value is -3.11. The number of para-hydroxylation sites is 1. The summed E-state index contributed by atoms with van der Waals surface area (Å²) in [6.45, 7) is 8.14. The van der Waals surface area contributed by atoms with Gasteiger partial charge in [0.2, 0.25) is 0 Å². The topological polar surface area (TPSA) is 75.1 Å². The largest absolute Gasteiger partial charge is 0.450 e. The van der Waals surface area contributed by atoms with E-state index in [1.165, 1.54) is 16.7 Å². The first kappa shape index (κ1) is 24.0. The van der Waals surface area contributed by atoms with Crippen LogP contribution in [-0.2, 0) is 16.6 Å². The molecular formula is C24H26N4O4S2. The van der Waals surface area contributed by atoms with Gasteiger partial charge in [0.05, 0.1) is 28.3 Å². The van der Waals surface area contributed by atoms with Crippen LogP contribution in [0.2, 0.25) is 0 Å². The zero-order valence-electron chi connectivity index (χ0n) is 19.2. The molecule has 2 aliphatic rings. The van der Waals surface area contributed by atoms with Gasteiger partial charge in [-0.05, 0) is 19.1 Å². The number of carbonyl (C=O) groups is 2. The summed E-state index contributed by atoms with van der Waals surface area (Å²) in [5.74, 6) is -0.233. The van der Waals surface area contributed by atoms with Crippen molar-refractivity contribution in [3.8, 4) is 0 Å².